The van der Waals surface area contributed by atoms with E-state index in [2.05, 4.69) is 21.7 Å². The zero-order valence-electron chi connectivity index (χ0n) is 14.8. The lowest BCUT2D eigenvalue weighted by Crippen LogP contribution is -2.16. The number of carbonyl (C=O) groups excluding carboxylic acids is 1. The van der Waals surface area contributed by atoms with Crippen LogP contribution in [0, 0.1) is 11.3 Å². The second kappa shape index (κ2) is 7.68. The van der Waals surface area contributed by atoms with Gasteiger partial charge in [0.05, 0.1) is 11.6 Å². The number of hydrogen-bond acceptors (Lipinski definition) is 6. The van der Waals surface area contributed by atoms with Crippen molar-refractivity contribution in [3.05, 3.63) is 71.9 Å². The highest BCUT2D eigenvalue weighted by Crippen LogP contribution is 2.32. The summed E-state index contributed by atoms with van der Waals surface area (Å²) in [7, 11) is 0. The molecule has 1 amide bonds. The fourth-order valence-electron chi connectivity index (χ4n) is 2.74. The van der Waals surface area contributed by atoms with E-state index in [0.29, 0.717) is 47.3 Å². The van der Waals surface area contributed by atoms with E-state index in [1.807, 2.05) is 0 Å². The summed E-state index contributed by atoms with van der Waals surface area (Å²) in [6.07, 6.45) is 1.56. The van der Waals surface area contributed by atoms with Crippen LogP contribution in [-0.2, 0) is 0 Å². The summed E-state index contributed by atoms with van der Waals surface area (Å²) in [6, 6.07) is 17.6. The number of ether oxygens (including phenoxy) is 2. The molecule has 0 saturated carbocycles. The van der Waals surface area contributed by atoms with E-state index < -0.39 is 0 Å². The maximum absolute atomic E-state index is 12.6. The Hall–Kier alpha value is -4.05. The number of nitriles is 1. The average Bonchev–Trinajstić information content (AvgIpc) is 2.74. The van der Waals surface area contributed by atoms with Crippen molar-refractivity contribution < 1.29 is 14.3 Å². The molecule has 1 aliphatic heterocycles. The minimum absolute atomic E-state index is 0.262. The van der Waals surface area contributed by atoms with Crippen LogP contribution in [0.5, 0.6) is 11.5 Å². The Labute approximate surface area is 161 Å². The molecule has 2 aromatic carbocycles. The van der Waals surface area contributed by atoms with Crippen molar-refractivity contribution in [1.29, 1.82) is 5.26 Å². The van der Waals surface area contributed by atoms with E-state index in [-0.39, 0.29) is 5.91 Å². The second-order valence-electron chi connectivity index (χ2n) is 6.06. The molecule has 0 saturated heterocycles. The number of nitrogens with one attached hydrogen (secondary N) is 2. The van der Waals surface area contributed by atoms with Gasteiger partial charge in [0.15, 0.2) is 11.5 Å². The standard InChI is InChI=1S/C21H16N4O3/c22-13-14-1-3-16(4-2-14)24-20-11-15(7-8-23-20)21(26)25-17-5-6-18-19(12-17)28-10-9-27-18/h1-8,11-12H,9-10H2,(H,23,24)(H,25,26). The first-order valence-corrected chi connectivity index (χ1v) is 8.65. The number of amides is 1. The molecular formula is C21H16N4O3. The van der Waals surface area contributed by atoms with E-state index >= 15 is 0 Å². The van der Waals surface area contributed by atoms with E-state index in [4.69, 9.17) is 14.7 Å². The maximum atomic E-state index is 12.6. The van der Waals surface area contributed by atoms with Crippen molar-refractivity contribution >= 4 is 23.1 Å². The number of pyridine rings is 1. The summed E-state index contributed by atoms with van der Waals surface area (Å²) in [5.74, 6) is 1.55. The van der Waals surface area contributed by atoms with Gasteiger partial charge < -0.3 is 20.1 Å². The van der Waals surface area contributed by atoms with Gasteiger partial charge in [-0.2, -0.15) is 5.26 Å². The number of benzene rings is 2. The molecule has 0 spiro atoms. The first-order chi connectivity index (χ1) is 13.7. The van der Waals surface area contributed by atoms with Gasteiger partial charge in [-0.05, 0) is 48.5 Å². The molecule has 4 rings (SSSR count). The monoisotopic (exact) mass is 372 g/mol. The molecular weight excluding hydrogens is 356 g/mol. The molecule has 28 heavy (non-hydrogen) atoms. The molecule has 0 radical (unpaired) electrons. The predicted molar refractivity (Wildman–Crippen MR) is 104 cm³/mol. The first-order valence-electron chi connectivity index (χ1n) is 8.65. The Morgan fingerprint density at radius 3 is 2.50 bits per heavy atom. The van der Waals surface area contributed by atoms with Crippen LogP contribution in [0.3, 0.4) is 0 Å². The van der Waals surface area contributed by atoms with E-state index in [0.717, 1.165) is 5.69 Å². The summed E-state index contributed by atoms with van der Waals surface area (Å²) >= 11 is 0. The Bertz CT molecular complexity index is 1060. The van der Waals surface area contributed by atoms with E-state index in [1.165, 1.54) is 0 Å². The average molecular weight is 372 g/mol. The number of hydrogen-bond donors (Lipinski definition) is 2. The van der Waals surface area contributed by atoms with Gasteiger partial charge >= 0.3 is 0 Å². The highest BCUT2D eigenvalue weighted by molar-refractivity contribution is 6.04. The molecule has 0 fully saturated rings. The van der Waals surface area contributed by atoms with Crippen molar-refractivity contribution in [3.63, 3.8) is 0 Å². The van der Waals surface area contributed by atoms with E-state index in [9.17, 15) is 4.79 Å². The number of nitrogens with zero attached hydrogens (tertiary/aromatic N) is 2. The van der Waals surface area contributed by atoms with Crippen LogP contribution in [0.2, 0.25) is 0 Å². The van der Waals surface area contributed by atoms with Crippen molar-refractivity contribution in [2.24, 2.45) is 0 Å². The summed E-state index contributed by atoms with van der Waals surface area (Å²) in [4.78, 5) is 16.8. The highest BCUT2D eigenvalue weighted by atomic mass is 16.6. The van der Waals surface area contributed by atoms with Crippen molar-refractivity contribution in [2.45, 2.75) is 0 Å². The summed E-state index contributed by atoms with van der Waals surface area (Å²) in [6.45, 7) is 1.00. The van der Waals surface area contributed by atoms with Gasteiger partial charge in [-0.3, -0.25) is 4.79 Å². The van der Waals surface area contributed by atoms with Crippen LogP contribution in [0.1, 0.15) is 15.9 Å². The first kappa shape index (κ1) is 17.4. The third-order valence-electron chi connectivity index (χ3n) is 4.11. The number of aromatic nitrogens is 1. The number of carbonyl (C=O) groups is 1. The molecule has 0 bridgehead atoms. The Morgan fingerprint density at radius 2 is 1.71 bits per heavy atom. The van der Waals surface area contributed by atoms with Crippen molar-refractivity contribution in [2.75, 3.05) is 23.8 Å². The van der Waals surface area contributed by atoms with Gasteiger partial charge in [0.1, 0.15) is 19.0 Å². The second-order valence-corrected chi connectivity index (χ2v) is 6.06. The van der Waals surface area contributed by atoms with Crippen LogP contribution < -0.4 is 20.1 Å². The minimum Gasteiger partial charge on any atom is -0.486 e. The van der Waals surface area contributed by atoms with Crippen LogP contribution in [-0.4, -0.2) is 24.1 Å². The Morgan fingerprint density at radius 1 is 0.964 bits per heavy atom. The lowest BCUT2D eigenvalue weighted by atomic mass is 10.2. The third kappa shape index (κ3) is 3.86. The zero-order chi connectivity index (χ0) is 19.3. The molecule has 1 aliphatic rings. The van der Waals surface area contributed by atoms with Gasteiger partial charge in [-0.1, -0.05) is 0 Å². The minimum atomic E-state index is -0.262. The predicted octanol–water partition coefficient (Wildman–Crippen LogP) is 3.72. The van der Waals surface area contributed by atoms with E-state index in [1.54, 1.807) is 60.8 Å². The molecule has 1 aromatic heterocycles. The molecule has 7 heteroatoms. The lowest BCUT2D eigenvalue weighted by molar-refractivity contribution is 0.102. The topological polar surface area (TPSA) is 96.3 Å². The molecule has 0 unspecified atom stereocenters. The molecule has 0 atom stereocenters. The summed E-state index contributed by atoms with van der Waals surface area (Å²) in [5, 5.41) is 14.8. The third-order valence-corrected chi connectivity index (χ3v) is 4.11. The normalized spacial score (nSPS) is 12.0. The van der Waals surface area contributed by atoms with Gasteiger partial charge in [0.2, 0.25) is 0 Å². The zero-order valence-corrected chi connectivity index (χ0v) is 14.8. The smallest absolute Gasteiger partial charge is 0.255 e. The molecule has 0 aliphatic carbocycles. The fraction of sp³-hybridized carbons (Fsp3) is 0.0952. The maximum Gasteiger partial charge on any atom is 0.255 e. The lowest BCUT2D eigenvalue weighted by Gasteiger charge is -2.19. The Kier molecular flexibility index (Phi) is 4.76. The number of rotatable bonds is 4. The van der Waals surface area contributed by atoms with Gasteiger partial charge in [-0.15, -0.1) is 0 Å². The quantitative estimate of drug-likeness (QED) is 0.725. The molecule has 7 nitrogen and oxygen atoms in total. The van der Waals surface area contributed by atoms with Crippen molar-refractivity contribution in [3.8, 4) is 17.6 Å². The van der Waals surface area contributed by atoms with Crippen LogP contribution >= 0.6 is 0 Å². The molecule has 3 aromatic rings. The summed E-state index contributed by atoms with van der Waals surface area (Å²) in [5.41, 5.74) is 2.43. The van der Waals surface area contributed by atoms with Crippen LogP contribution in [0.4, 0.5) is 17.2 Å². The Balaban J connectivity index is 1.47. The number of anilines is 3. The van der Waals surface area contributed by atoms with Crippen LogP contribution in [0.25, 0.3) is 0 Å². The number of fused-ring (bicyclic) bond motifs is 1. The summed E-state index contributed by atoms with van der Waals surface area (Å²) < 4.78 is 11.0. The van der Waals surface area contributed by atoms with Gasteiger partial charge in [0, 0.05) is 29.2 Å². The SMILES string of the molecule is N#Cc1ccc(Nc2cc(C(=O)Nc3ccc4c(c3)OCCO4)ccn2)cc1. The van der Waals surface area contributed by atoms with Crippen molar-refractivity contribution in [1.82, 2.24) is 4.98 Å². The highest BCUT2D eigenvalue weighted by Gasteiger charge is 2.14. The molecule has 2 heterocycles. The van der Waals surface area contributed by atoms with Crippen LogP contribution in [0.15, 0.2) is 60.8 Å². The van der Waals surface area contributed by atoms with Gasteiger partial charge in [-0.25, -0.2) is 4.98 Å². The van der Waals surface area contributed by atoms with Gasteiger partial charge in [0.25, 0.3) is 5.91 Å². The molecule has 138 valence electrons. The molecule has 2 N–H and O–H groups in total. The fourth-order valence-corrected chi connectivity index (χ4v) is 2.74. The largest absolute Gasteiger partial charge is 0.486 e.